The number of hydrogen-bond acceptors (Lipinski definition) is 3. The molecule has 0 aliphatic heterocycles. The number of rotatable bonds is 4. The summed E-state index contributed by atoms with van der Waals surface area (Å²) in [7, 11) is 0. The quantitative estimate of drug-likeness (QED) is 0.750. The molecule has 1 unspecified atom stereocenters. The van der Waals surface area contributed by atoms with Gasteiger partial charge in [-0.25, -0.2) is 0 Å². The molecule has 0 aliphatic rings. The number of nitrogens with zero attached hydrogens (tertiary/aromatic N) is 2. The molecule has 0 amide bonds. The molecule has 0 saturated carbocycles. The molecule has 0 radical (unpaired) electrons. The van der Waals surface area contributed by atoms with Gasteiger partial charge in [-0.15, -0.1) is 11.6 Å². The van der Waals surface area contributed by atoms with Crippen LogP contribution in [-0.2, 0) is 0 Å². The van der Waals surface area contributed by atoms with E-state index in [-0.39, 0.29) is 5.38 Å². The minimum absolute atomic E-state index is 0.180. The van der Waals surface area contributed by atoms with Crippen molar-refractivity contribution in [3.63, 3.8) is 0 Å². The molecule has 1 atom stereocenters. The van der Waals surface area contributed by atoms with Gasteiger partial charge in [-0.2, -0.15) is 4.98 Å². The number of aromatic nitrogens is 2. The van der Waals surface area contributed by atoms with E-state index in [9.17, 15) is 0 Å². The van der Waals surface area contributed by atoms with E-state index in [0.29, 0.717) is 11.7 Å². The van der Waals surface area contributed by atoms with Gasteiger partial charge in [0.15, 0.2) is 5.82 Å². The lowest BCUT2D eigenvalue weighted by molar-refractivity contribution is 0.420. The first-order valence-corrected chi connectivity index (χ1v) is 7.08. The van der Waals surface area contributed by atoms with Crippen molar-refractivity contribution in [3.05, 3.63) is 34.1 Å². The van der Waals surface area contributed by atoms with Crippen molar-refractivity contribution in [2.75, 3.05) is 0 Å². The maximum absolute atomic E-state index is 6.18. The molecule has 0 N–H and O–H groups in total. The van der Waals surface area contributed by atoms with Gasteiger partial charge in [-0.1, -0.05) is 34.4 Å². The molecular formula is C13H14BrClN2O. The Bertz CT molecular complexity index is 521. The summed E-state index contributed by atoms with van der Waals surface area (Å²) in [6.45, 7) is 4.10. The average molecular weight is 330 g/mol. The molecule has 1 aromatic heterocycles. The molecule has 0 aliphatic carbocycles. The van der Waals surface area contributed by atoms with Crippen LogP contribution in [0.1, 0.15) is 36.5 Å². The minimum Gasteiger partial charge on any atom is -0.334 e. The third-order valence-corrected chi connectivity index (χ3v) is 3.42. The number of alkyl halides is 1. The van der Waals surface area contributed by atoms with Crippen LogP contribution in [0.4, 0.5) is 0 Å². The number of halogens is 2. The summed E-state index contributed by atoms with van der Waals surface area (Å²) in [6, 6.07) is 5.99. The Balaban J connectivity index is 2.29. The van der Waals surface area contributed by atoms with Crippen LogP contribution < -0.4 is 0 Å². The van der Waals surface area contributed by atoms with Crippen LogP contribution in [0.15, 0.2) is 27.2 Å². The molecule has 0 spiro atoms. The number of aryl methyl sites for hydroxylation is 1. The summed E-state index contributed by atoms with van der Waals surface area (Å²) in [5.41, 5.74) is 2.04. The maximum Gasteiger partial charge on any atom is 0.258 e. The summed E-state index contributed by atoms with van der Waals surface area (Å²) >= 11 is 9.63. The largest absolute Gasteiger partial charge is 0.334 e. The van der Waals surface area contributed by atoms with Crippen LogP contribution >= 0.6 is 27.5 Å². The van der Waals surface area contributed by atoms with E-state index in [4.69, 9.17) is 16.1 Å². The fourth-order valence-corrected chi connectivity index (χ4v) is 2.64. The minimum atomic E-state index is -0.180. The van der Waals surface area contributed by atoms with Crippen molar-refractivity contribution in [1.82, 2.24) is 10.1 Å². The van der Waals surface area contributed by atoms with Gasteiger partial charge in [0, 0.05) is 10.0 Å². The summed E-state index contributed by atoms with van der Waals surface area (Å²) in [5.74, 6) is 1.07. The molecule has 3 nitrogen and oxygen atoms in total. The smallest absolute Gasteiger partial charge is 0.258 e. The lowest BCUT2D eigenvalue weighted by Gasteiger charge is -2.00. The molecule has 1 heterocycles. The molecule has 96 valence electrons. The number of benzene rings is 1. The zero-order valence-corrected chi connectivity index (χ0v) is 12.6. The van der Waals surface area contributed by atoms with E-state index >= 15 is 0 Å². The zero-order valence-electron chi connectivity index (χ0n) is 10.3. The SMILES string of the molecule is CCCC(Cl)c1noc(-c2cc(C)cc(Br)c2)n1. The lowest BCUT2D eigenvalue weighted by Crippen LogP contribution is -1.92. The highest BCUT2D eigenvalue weighted by atomic mass is 79.9. The van der Waals surface area contributed by atoms with Gasteiger partial charge in [0.2, 0.25) is 0 Å². The topological polar surface area (TPSA) is 38.9 Å². The van der Waals surface area contributed by atoms with Crippen molar-refractivity contribution in [2.24, 2.45) is 0 Å². The molecule has 18 heavy (non-hydrogen) atoms. The first-order chi connectivity index (χ1) is 8.60. The predicted molar refractivity (Wildman–Crippen MR) is 75.7 cm³/mol. The van der Waals surface area contributed by atoms with Gasteiger partial charge in [-0.3, -0.25) is 0 Å². The first-order valence-electron chi connectivity index (χ1n) is 5.85. The lowest BCUT2D eigenvalue weighted by atomic mass is 10.1. The van der Waals surface area contributed by atoms with Gasteiger partial charge in [0.05, 0.1) is 5.38 Å². The standard InChI is InChI=1S/C13H14BrClN2O/c1-3-4-11(15)12-16-13(18-17-12)9-5-8(2)6-10(14)7-9/h5-7,11H,3-4H2,1-2H3. The summed E-state index contributed by atoms with van der Waals surface area (Å²) < 4.78 is 6.26. The van der Waals surface area contributed by atoms with Gasteiger partial charge in [0.25, 0.3) is 5.89 Å². The third-order valence-electron chi connectivity index (χ3n) is 2.55. The van der Waals surface area contributed by atoms with Gasteiger partial charge in [-0.05, 0) is 37.1 Å². The van der Waals surface area contributed by atoms with Crippen LogP contribution in [0.3, 0.4) is 0 Å². The second kappa shape index (κ2) is 5.85. The zero-order chi connectivity index (χ0) is 13.1. The maximum atomic E-state index is 6.18. The van der Waals surface area contributed by atoms with Crippen molar-refractivity contribution < 1.29 is 4.52 Å². The number of hydrogen-bond donors (Lipinski definition) is 0. The molecule has 0 bridgehead atoms. The molecule has 0 fully saturated rings. The van der Waals surface area contributed by atoms with E-state index in [1.807, 2.05) is 25.1 Å². The van der Waals surface area contributed by atoms with Crippen molar-refractivity contribution in [1.29, 1.82) is 0 Å². The molecule has 2 rings (SSSR count). The van der Waals surface area contributed by atoms with Crippen molar-refractivity contribution in [2.45, 2.75) is 32.1 Å². The Labute approximate surface area is 120 Å². The Morgan fingerprint density at radius 2 is 2.17 bits per heavy atom. The summed E-state index contributed by atoms with van der Waals surface area (Å²) in [6.07, 6.45) is 1.84. The van der Waals surface area contributed by atoms with Gasteiger partial charge in [0.1, 0.15) is 0 Å². The molecule has 2 aromatic rings. The van der Waals surface area contributed by atoms with E-state index in [0.717, 1.165) is 28.4 Å². The average Bonchev–Trinajstić information content (AvgIpc) is 2.77. The molecule has 5 heteroatoms. The Kier molecular flexibility index (Phi) is 4.40. The summed E-state index contributed by atoms with van der Waals surface area (Å²) in [5, 5.41) is 3.76. The normalized spacial score (nSPS) is 12.7. The molecule has 1 aromatic carbocycles. The Morgan fingerprint density at radius 3 is 2.83 bits per heavy atom. The molecular weight excluding hydrogens is 316 g/mol. The fourth-order valence-electron chi connectivity index (χ4n) is 1.72. The predicted octanol–water partition coefficient (Wildman–Crippen LogP) is 4.89. The monoisotopic (exact) mass is 328 g/mol. The van der Waals surface area contributed by atoms with Crippen LogP contribution in [-0.4, -0.2) is 10.1 Å². The summed E-state index contributed by atoms with van der Waals surface area (Å²) in [4.78, 5) is 4.35. The van der Waals surface area contributed by atoms with Crippen LogP contribution in [0.2, 0.25) is 0 Å². The highest BCUT2D eigenvalue weighted by Crippen LogP contribution is 2.27. The molecule has 0 saturated heterocycles. The van der Waals surface area contributed by atoms with E-state index in [1.54, 1.807) is 0 Å². The van der Waals surface area contributed by atoms with E-state index in [2.05, 4.69) is 33.0 Å². The Hall–Kier alpha value is -0.870. The van der Waals surface area contributed by atoms with Crippen LogP contribution in [0.25, 0.3) is 11.5 Å². The van der Waals surface area contributed by atoms with Crippen molar-refractivity contribution >= 4 is 27.5 Å². The van der Waals surface area contributed by atoms with Crippen molar-refractivity contribution in [3.8, 4) is 11.5 Å². The first kappa shape index (κ1) is 13.6. The highest BCUT2D eigenvalue weighted by Gasteiger charge is 2.16. The second-order valence-electron chi connectivity index (χ2n) is 4.23. The van der Waals surface area contributed by atoms with Crippen LogP contribution in [0, 0.1) is 6.92 Å². The Morgan fingerprint density at radius 1 is 1.39 bits per heavy atom. The van der Waals surface area contributed by atoms with E-state index < -0.39 is 0 Å². The van der Waals surface area contributed by atoms with Gasteiger partial charge < -0.3 is 4.52 Å². The second-order valence-corrected chi connectivity index (χ2v) is 5.67. The van der Waals surface area contributed by atoms with E-state index in [1.165, 1.54) is 0 Å². The third kappa shape index (κ3) is 3.12. The van der Waals surface area contributed by atoms with Gasteiger partial charge >= 0.3 is 0 Å². The fraction of sp³-hybridized carbons (Fsp3) is 0.385. The highest BCUT2D eigenvalue weighted by molar-refractivity contribution is 9.10. The van der Waals surface area contributed by atoms with Crippen LogP contribution in [0.5, 0.6) is 0 Å².